The molecule has 0 saturated heterocycles. The molecule has 1 aromatic carbocycles. The van der Waals surface area contributed by atoms with Crippen LogP contribution in [0.3, 0.4) is 0 Å². The van der Waals surface area contributed by atoms with E-state index in [9.17, 15) is 4.79 Å². The van der Waals surface area contributed by atoms with E-state index in [0.29, 0.717) is 6.42 Å². The Morgan fingerprint density at radius 1 is 1.17 bits per heavy atom. The van der Waals surface area contributed by atoms with E-state index in [1.54, 1.807) is 30.8 Å². The van der Waals surface area contributed by atoms with Crippen LogP contribution in [0.2, 0.25) is 0 Å². The van der Waals surface area contributed by atoms with Crippen molar-refractivity contribution in [1.82, 2.24) is 14.3 Å². The van der Waals surface area contributed by atoms with E-state index in [0.717, 1.165) is 28.2 Å². The molecule has 0 fully saturated rings. The first-order chi connectivity index (χ1) is 11.5. The van der Waals surface area contributed by atoms with Gasteiger partial charge in [0.25, 0.3) is 0 Å². The summed E-state index contributed by atoms with van der Waals surface area (Å²) < 4.78 is 2.04. The summed E-state index contributed by atoms with van der Waals surface area (Å²) in [7, 11) is 3.56. The molecule has 0 spiro atoms. The van der Waals surface area contributed by atoms with Gasteiger partial charge in [-0.25, -0.2) is 4.98 Å². The molecule has 0 N–H and O–H groups in total. The monoisotopic (exact) mass is 339 g/mol. The molecule has 2 aromatic heterocycles. The molecule has 0 radical (unpaired) electrons. The fourth-order valence-electron chi connectivity index (χ4n) is 2.65. The first-order valence-electron chi connectivity index (χ1n) is 7.81. The third-order valence-electron chi connectivity index (χ3n) is 4.05. The molecule has 2 heterocycles. The van der Waals surface area contributed by atoms with Crippen LogP contribution in [-0.4, -0.2) is 40.5 Å². The third-order valence-corrected chi connectivity index (χ3v) is 4.79. The number of aromatic nitrogens is 2. The van der Waals surface area contributed by atoms with E-state index in [-0.39, 0.29) is 5.91 Å². The molecule has 1 amide bonds. The number of aryl methyl sites for hydroxylation is 1. The minimum Gasteiger partial charge on any atom is -0.348 e. The van der Waals surface area contributed by atoms with Crippen LogP contribution >= 0.6 is 11.8 Å². The number of thioether (sulfide) groups is 1. The molecule has 0 unspecified atom stereocenters. The molecule has 3 aromatic rings. The number of imidazole rings is 1. The lowest BCUT2D eigenvalue weighted by molar-refractivity contribution is -0.128. The van der Waals surface area contributed by atoms with Crippen molar-refractivity contribution in [2.24, 2.45) is 0 Å². The summed E-state index contributed by atoms with van der Waals surface area (Å²) in [6.45, 7) is 2.05. The number of carbonyl (C=O) groups is 1. The smallest absolute Gasteiger partial charge is 0.228 e. The first-order valence-corrected chi connectivity index (χ1v) is 9.04. The lowest BCUT2D eigenvalue weighted by Gasteiger charge is -2.11. The van der Waals surface area contributed by atoms with Crippen molar-refractivity contribution < 1.29 is 4.79 Å². The Labute approximate surface area is 146 Å². The highest BCUT2D eigenvalue weighted by Crippen LogP contribution is 2.27. The quantitative estimate of drug-likeness (QED) is 0.681. The third kappa shape index (κ3) is 3.17. The Kier molecular flexibility index (Phi) is 4.62. The molecule has 5 heteroatoms. The second-order valence-corrected chi connectivity index (χ2v) is 6.91. The first kappa shape index (κ1) is 16.6. The summed E-state index contributed by atoms with van der Waals surface area (Å²) in [4.78, 5) is 19.9. The Balaban J connectivity index is 2.16. The minimum absolute atomic E-state index is 0.0697. The maximum atomic E-state index is 12.3. The van der Waals surface area contributed by atoms with Crippen LogP contribution in [0.25, 0.3) is 16.9 Å². The molecule has 0 saturated carbocycles. The fourth-order valence-corrected chi connectivity index (χ4v) is 3.06. The van der Waals surface area contributed by atoms with E-state index in [4.69, 9.17) is 4.98 Å². The van der Waals surface area contributed by atoms with Gasteiger partial charge in [0.1, 0.15) is 5.65 Å². The number of pyridine rings is 1. The van der Waals surface area contributed by atoms with Gasteiger partial charge in [-0.15, -0.1) is 11.8 Å². The van der Waals surface area contributed by atoms with Gasteiger partial charge in [0, 0.05) is 30.8 Å². The second-order valence-electron chi connectivity index (χ2n) is 6.04. The summed E-state index contributed by atoms with van der Waals surface area (Å²) in [5, 5.41) is 0. The van der Waals surface area contributed by atoms with Gasteiger partial charge in [-0.05, 0) is 36.9 Å². The number of hydrogen-bond donors (Lipinski definition) is 0. The highest BCUT2D eigenvalue weighted by atomic mass is 32.2. The summed E-state index contributed by atoms with van der Waals surface area (Å²) in [5.41, 5.74) is 4.86. The van der Waals surface area contributed by atoms with Crippen LogP contribution in [0.15, 0.2) is 47.5 Å². The summed E-state index contributed by atoms with van der Waals surface area (Å²) in [6, 6.07) is 12.4. The Hall–Kier alpha value is -2.27. The predicted octanol–water partition coefficient (Wildman–Crippen LogP) is 3.66. The molecule has 0 bridgehead atoms. The van der Waals surface area contributed by atoms with E-state index in [1.807, 2.05) is 29.7 Å². The SMILES string of the molecule is CSc1ccc(-c2nc3ccc(C)cn3c2CC(=O)N(C)C)cc1. The van der Waals surface area contributed by atoms with Crippen molar-refractivity contribution in [1.29, 1.82) is 0 Å². The lowest BCUT2D eigenvalue weighted by Crippen LogP contribution is -2.24. The van der Waals surface area contributed by atoms with Crippen molar-refractivity contribution in [3.8, 4) is 11.3 Å². The molecule has 124 valence electrons. The average Bonchev–Trinajstić information content (AvgIpc) is 2.92. The van der Waals surface area contributed by atoms with Gasteiger partial charge in [-0.2, -0.15) is 0 Å². The zero-order chi connectivity index (χ0) is 17.3. The summed E-state index contributed by atoms with van der Waals surface area (Å²) in [6.07, 6.45) is 4.43. The van der Waals surface area contributed by atoms with Gasteiger partial charge < -0.3 is 9.30 Å². The molecule has 24 heavy (non-hydrogen) atoms. The highest BCUT2D eigenvalue weighted by Gasteiger charge is 2.18. The van der Waals surface area contributed by atoms with E-state index < -0.39 is 0 Å². The van der Waals surface area contributed by atoms with Crippen LogP contribution in [0.1, 0.15) is 11.3 Å². The summed E-state index contributed by atoms with van der Waals surface area (Å²) >= 11 is 1.71. The molecule has 0 atom stereocenters. The number of carbonyl (C=O) groups excluding carboxylic acids is 1. The topological polar surface area (TPSA) is 37.6 Å². The second kappa shape index (κ2) is 6.69. The number of fused-ring (bicyclic) bond motifs is 1. The zero-order valence-corrected chi connectivity index (χ0v) is 15.2. The van der Waals surface area contributed by atoms with Crippen molar-refractivity contribution in [3.05, 3.63) is 53.9 Å². The van der Waals surface area contributed by atoms with Crippen molar-refractivity contribution in [2.75, 3.05) is 20.4 Å². The van der Waals surface area contributed by atoms with Crippen molar-refractivity contribution in [3.63, 3.8) is 0 Å². The van der Waals surface area contributed by atoms with Gasteiger partial charge in [-0.1, -0.05) is 18.2 Å². The molecule has 4 nitrogen and oxygen atoms in total. The fraction of sp³-hybridized carbons (Fsp3) is 0.263. The maximum Gasteiger partial charge on any atom is 0.228 e. The molecule has 0 aliphatic carbocycles. The Bertz CT molecular complexity index is 882. The van der Waals surface area contributed by atoms with Crippen LogP contribution in [0, 0.1) is 6.92 Å². The molecule has 0 aliphatic heterocycles. The van der Waals surface area contributed by atoms with Crippen LogP contribution in [0.5, 0.6) is 0 Å². The van der Waals surface area contributed by atoms with Crippen LogP contribution in [0.4, 0.5) is 0 Å². The molecular weight excluding hydrogens is 318 g/mol. The largest absolute Gasteiger partial charge is 0.348 e. The lowest BCUT2D eigenvalue weighted by atomic mass is 10.1. The number of likely N-dealkylation sites (N-methyl/N-ethyl adjacent to an activating group) is 1. The molecule has 0 aliphatic rings. The number of hydrogen-bond acceptors (Lipinski definition) is 3. The highest BCUT2D eigenvalue weighted by molar-refractivity contribution is 7.98. The minimum atomic E-state index is 0.0697. The number of amides is 1. The van der Waals surface area contributed by atoms with Crippen molar-refractivity contribution >= 4 is 23.3 Å². The van der Waals surface area contributed by atoms with E-state index in [1.165, 1.54) is 4.90 Å². The van der Waals surface area contributed by atoms with Gasteiger partial charge in [0.05, 0.1) is 17.8 Å². The van der Waals surface area contributed by atoms with E-state index >= 15 is 0 Å². The predicted molar refractivity (Wildman–Crippen MR) is 99.5 cm³/mol. The number of nitrogens with zero attached hydrogens (tertiary/aromatic N) is 3. The zero-order valence-electron chi connectivity index (χ0n) is 14.4. The summed E-state index contributed by atoms with van der Waals surface area (Å²) in [5.74, 6) is 0.0697. The average molecular weight is 339 g/mol. The van der Waals surface area contributed by atoms with Crippen molar-refractivity contribution in [2.45, 2.75) is 18.2 Å². The van der Waals surface area contributed by atoms with Gasteiger partial charge in [0.15, 0.2) is 0 Å². The maximum absolute atomic E-state index is 12.3. The molecular formula is C19H21N3OS. The van der Waals surface area contributed by atoms with Crippen LogP contribution in [-0.2, 0) is 11.2 Å². The van der Waals surface area contributed by atoms with Gasteiger partial charge in [0.2, 0.25) is 5.91 Å². The number of rotatable bonds is 4. The van der Waals surface area contributed by atoms with Gasteiger partial charge in [-0.3, -0.25) is 4.79 Å². The van der Waals surface area contributed by atoms with Crippen LogP contribution < -0.4 is 0 Å². The van der Waals surface area contributed by atoms with E-state index in [2.05, 4.69) is 30.5 Å². The standard InChI is InChI=1S/C19H21N3OS/c1-13-5-10-17-20-19(14-6-8-15(24-4)9-7-14)16(22(17)12-13)11-18(23)21(2)3/h5-10,12H,11H2,1-4H3. The normalized spacial score (nSPS) is 11.0. The Morgan fingerprint density at radius 2 is 1.88 bits per heavy atom. The van der Waals surface area contributed by atoms with Gasteiger partial charge >= 0.3 is 0 Å². The molecule has 3 rings (SSSR count). The Morgan fingerprint density at radius 3 is 2.50 bits per heavy atom. The number of benzene rings is 1.